The van der Waals surface area contributed by atoms with Gasteiger partial charge in [-0.05, 0) is 82.0 Å². The Morgan fingerprint density at radius 3 is 2.53 bits per heavy atom. The van der Waals surface area contributed by atoms with Crippen LogP contribution in [0.15, 0.2) is 18.2 Å². The number of carbonyl (C=O) groups excluding carboxylic acids is 2. The van der Waals surface area contributed by atoms with E-state index in [-0.39, 0.29) is 48.8 Å². The predicted octanol–water partition coefficient (Wildman–Crippen LogP) is 5.07. The number of aryl methyl sites for hydroxylation is 1. The molecule has 0 saturated carbocycles. The Hall–Kier alpha value is -4.88. The number of phenolic OH excluding ortho intramolecular Hbond substituents is 1. The van der Waals surface area contributed by atoms with Crippen molar-refractivity contribution in [3.8, 4) is 46.3 Å². The van der Waals surface area contributed by atoms with Gasteiger partial charge in [0.25, 0.3) is 0 Å². The zero-order chi connectivity index (χ0) is 40.9. The number of nitriles is 1. The van der Waals surface area contributed by atoms with Gasteiger partial charge in [0.15, 0.2) is 40.0 Å². The van der Waals surface area contributed by atoms with E-state index in [1.807, 2.05) is 27.7 Å². The molecule has 15 heteroatoms. The van der Waals surface area contributed by atoms with Gasteiger partial charge in [-0.25, -0.2) is 4.79 Å². The van der Waals surface area contributed by atoms with Gasteiger partial charge in [0.05, 0.1) is 43.7 Å². The van der Waals surface area contributed by atoms with Crippen molar-refractivity contribution in [3.05, 3.63) is 62.7 Å². The molecule has 10 rings (SSSR count). The summed E-state index contributed by atoms with van der Waals surface area (Å²) in [5.74, 6) is 2.06. The zero-order valence-electron chi connectivity index (χ0n) is 33.9. The zero-order valence-corrected chi connectivity index (χ0v) is 34.7. The van der Waals surface area contributed by atoms with E-state index in [9.17, 15) is 20.0 Å². The number of esters is 2. The van der Waals surface area contributed by atoms with Crippen LogP contribution in [0.25, 0.3) is 0 Å². The van der Waals surface area contributed by atoms with Gasteiger partial charge in [0.2, 0.25) is 6.79 Å². The third-order valence-corrected chi connectivity index (χ3v) is 14.2. The first-order valence-corrected chi connectivity index (χ1v) is 20.7. The molecular formula is C43H48N4O10S. The van der Waals surface area contributed by atoms with Crippen molar-refractivity contribution in [2.24, 2.45) is 0 Å². The minimum Gasteiger partial charge on any atom is -0.504 e. The largest absolute Gasteiger partial charge is 0.504 e. The number of aromatic hydroxyl groups is 1. The average molecular weight is 813 g/mol. The number of piperazine rings is 1. The first-order chi connectivity index (χ1) is 27.8. The Morgan fingerprint density at radius 2 is 1.83 bits per heavy atom. The highest BCUT2D eigenvalue weighted by atomic mass is 32.2. The lowest BCUT2D eigenvalue weighted by Gasteiger charge is -2.62. The molecule has 58 heavy (non-hydrogen) atoms. The van der Waals surface area contributed by atoms with E-state index in [0.29, 0.717) is 64.8 Å². The minimum absolute atomic E-state index is 0.0104. The number of fused-ring (bicyclic) bond motifs is 9. The van der Waals surface area contributed by atoms with Crippen LogP contribution in [0.4, 0.5) is 0 Å². The summed E-state index contributed by atoms with van der Waals surface area (Å²) in [7, 11) is 5.20. The number of nitrogens with one attached hydrogen (secondary N) is 1. The van der Waals surface area contributed by atoms with Crippen LogP contribution >= 0.6 is 11.8 Å². The van der Waals surface area contributed by atoms with E-state index in [0.717, 1.165) is 27.8 Å². The molecule has 0 aliphatic carbocycles. The molecule has 0 amide bonds. The fraction of sp³-hybridized carbons (Fsp3) is 0.512. The molecule has 2 saturated heterocycles. The summed E-state index contributed by atoms with van der Waals surface area (Å²) in [5.41, 5.74) is 5.16. The highest BCUT2D eigenvalue weighted by Gasteiger charge is 2.62. The molecule has 4 bridgehead atoms. The molecule has 1 spiro atoms. The smallest absolute Gasteiger partial charge is 0.331 e. The number of phenols is 1. The molecule has 3 aromatic carbocycles. The van der Waals surface area contributed by atoms with Crippen LogP contribution in [0, 0.1) is 25.2 Å². The van der Waals surface area contributed by atoms with E-state index >= 15 is 0 Å². The van der Waals surface area contributed by atoms with Crippen molar-refractivity contribution in [1.29, 1.82) is 5.26 Å². The summed E-state index contributed by atoms with van der Waals surface area (Å²) in [6, 6.07) is 5.81. The van der Waals surface area contributed by atoms with Gasteiger partial charge in [0.1, 0.15) is 18.4 Å². The number of nitrogens with zero attached hydrogens (tertiary/aromatic N) is 3. The van der Waals surface area contributed by atoms with Gasteiger partial charge >= 0.3 is 11.9 Å². The van der Waals surface area contributed by atoms with E-state index in [4.69, 9.17) is 33.2 Å². The van der Waals surface area contributed by atoms with Gasteiger partial charge < -0.3 is 38.3 Å². The summed E-state index contributed by atoms with van der Waals surface area (Å²) < 4.78 is 43.4. The van der Waals surface area contributed by atoms with Crippen LogP contribution in [0.5, 0.6) is 40.2 Å². The Bertz CT molecular complexity index is 2290. The molecule has 7 heterocycles. The van der Waals surface area contributed by atoms with Gasteiger partial charge in [-0.3, -0.25) is 19.9 Å². The number of benzene rings is 3. The Morgan fingerprint density at radius 1 is 1.05 bits per heavy atom. The lowest BCUT2D eigenvalue weighted by molar-refractivity contribution is -0.157. The van der Waals surface area contributed by atoms with Crippen molar-refractivity contribution >= 4 is 23.7 Å². The second kappa shape index (κ2) is 14.1. The number of carbonyl (C=O) groups is 2. The van der Waals surface area contributed by atoms with Crippen LogP contribution in [-0.2, 0) is 32.7 Å². The molecule has 2 N–H and O–H groups in total. The van der Waals surface area contributed by atoms with Gasteiger partial charge in [-0.2, -0.15) is 5.26 Å². The maximum absolute atomic E-state index is 14.9. The Labute approximate surface area is 341 Å². The fourth-order valence-corrected chi connectivity index (χ4v) is 12.2. The summed E-state index contributed by atoms with van der Waals surface area (Å²) >= 11 is 1.53. The molecule has 0 radical (unpaired) electrons. The molecule has 3 aromatic rings. The van der Waals surface area contributed by atoms with E-state index in [1.54, 1.807) is 19.2 Å². The molecule has 2 fully saturated rings. The number of rotatable bonds is 5. The number of thioether (sulfide) groups is 1. The molecule has 7 aliphatic heterocycles. The minimum atomic E-state index is -1.34. The van der Waals surface area contributed by atoms with E-state index in [1.165, 1.54) is 25.8 Å². The monoisotopic (exact) mass is 812 g/mol. The highest BCUT2D eigenvalue weighted by Crippen LogP contribution is 2.65. The normalized spacial score (nSPS) is 28.1. The van der Waals surface area contributed by atoms with Crippen molar-refractivity contribution in [1.82, 2.24) is 15.1 Å². The number of hydrogen-bond donors (Lipinski definition) is 2. The Kier molecular flexibility index (Phi) is 9.42. The third-order valence-electron chi connectivity index (χ3n) is 12.8. The van der Waals surface area contributed by atoms with Crippen LogP contribution in [0.2, 0.25) is 0 Å². The number of methoxy groups -OCH3 is 2. The summed E-state index contributed by atoms with van der Waals surface area (Å²) in [6.07, 6.45) is 0.977. The molecule has 14 nitrogen and oxygen atoms in total. The predicted molar refractivity (Wildman–Crippen MR) is 212 cm³/mol. The molecule has 1 unspecified atom stereocenters. The number of ether oxygens (including phenoxy) is 7. The summed E-state index contributed by atoms with van der Waals surface area (Å²) in [4.78, 5) is 32.5. The SMILES string of the molecule is COc1cc2c(cc1O)CCN[C@]21CS[C@@H]2c3c(OC(C)=O)c(C)c4c(c3[C@H](COC1=O)N1C2[C@H]2c3c(cc(C)c(OC)c3OC(C)C)C[C@@H]([C@@H]1C#N)N2C)OCO4. The van der Waals surface area contributed by atoms with Crippen molar-refractivity contribution in [3.63, 3.8) is 0 Å². The number of likely N-dealkylation sites (N-methyl/N-ethyl adjacent to an activating group) is 1. The van der Waals surface area contributed by atoms with Gasteiger partial charge in [0, 0.05) is 53.6 Å². The lowest BCUT2D eigenvalue weighted by Crippen LogP contribution is -2.69. The molecular weight excluding hydrogens is 765 g/mol. The maximum atomic E-state index is 14.9. The van der Waals surface area contributed by atoms with Crippen LogP contribution in [0.1, 0.15) is 82.6 Å². The van der Waals surface area contributed by atoms with Gasteiger partial charge in [-0.1, -0.05) is 6.07 Å². The maximum Gasteiger partial charge on any atom is 0.331 e. The molecule has 0 aromatic heterocycles. The second-order valence-electron chi connectivity index (χ2n) is 16.2. The van der Waals surface area contributed by atoms with Crippen LogP contribution in [0.3, 0.4) is 0 Å². The van der Waals surface area contributed by atoms with E-state index < -0.39 is 40.9 Å². The molecule has 306 valence electrons. The molecule has 7 aliphatic rings. The van der Waals surface area contributed by atoms with Crippen LogP contribution < -0.4 is 33.7 Å². The lowest BCUT2D eigenvalue weighted by atomic mass is 9.71. The third kappa shape index (κ3) is 5.48. The van der Waals surface area contributed by atoms with Crippen molar-refractivity contribution in [2.75, 3.05) is 47.0 Å². The Balaban J connectivity index is 1.34. The molecule has 7 atom stereocenters. The summed E-state index contributed by atoms with van der Waals surface area (Å²) in [5, 5.41) is 25.1. The fourth-order valence-electron chi connectivity index (χ4n) is 10.5. The van der Waals surface area contributed by atoms with Crippen LogP contribution in [-0.4, -0.2) is 98.0 Å². The summed E-state index contributed by atoms with van der Waals surface area (Å²) in [6.45, 7) is 9.51. The number of hydrogen-bond acceptors (Lipinski definition) is 15. The average Bonchev–Trinajstić information content (AvgIpc) is 3.68. The highest BCUT2D eigenvalue weighted by molar-refractivity contribution is 7.99. The van der Waals surface area contributed by atoms with Crippen molar-refractivity contribution in [2.45, 2.75) is 94.6 Å². The van der Waals surface area contributed by atoms with E-state index in [2.05, 4.69) is 34.3 Å². The van der Waals surface area contributed by atoms with Crippen molar-refractivity contribution < 1.29 is 47.9 Å². The first kappa shape index (κ1) is 38.6. The quantitative estimate of drug-likeness (QED) is 0.260. The van der Waals surface area contributed by atoms with Gasteiger partial charge in [-0.15, -0.1) is 11.8 Å². The topological polar surface area (TPSA) is 161 Å². The standard InChI is InChI=1S/C43H48N4O10S/c1-19(2)56-40-31-24(11-20(3)36(40)52-8)12-26-27(15-44)47-28-16-53-42(50)43(25-14-30(51-7)29(49)13-23(25)9-10-45-43)17-58-41(35(47)34(31)46(26)6)33-32(28)39-38(54-18-55-39)21(4)37(33)57-22(5)48/h11,13-14,19,26-28,34-35,41,45,49H,9-10,12,16-18H2,1-8H3/t26-,27-,28-,34+,35?,41+,43+/m0/s1. The second-order valence-corrected chi connectivity index (χ2v) is 17.4. The first-order valence-electron chi connectivity index (χ1n) is 19.7.